The third-order valence-electron chi connectivity index (χ3n) is 4.98. The van der Waals surface area contributed by atoms with Gasteiger partial charge in [-0.2, -0.15) is 12.6 Å². The molecular formula is C20H48O4SSi2. The highest BCUT2D eigenvalue weighted by molar-refractivity contribution is 7.80. The van der Waals surface area contributed by atoms with Crippen molar-refractivity contribution in [1.29, 1.82) is 0 Å². The highest BCUT2D eigenvalue weighted by atomic mass is 32.1. The van der Waals surface area contributed by atoms with Crippen molar-refractivity contribution in [2.75, 3.05) is 33.7 Å². The van der Waals surface area contributed by atoms with Crippen molar-refractivity contribution in [3.05, 3.63) is 0 Å². The zero-order valence-electron chi connectivity index (χ0n) is 19.3. The van der Waals surface area contributed by atoms with Crippen LogP contribution in [0.15, 0.2) is 0 Å². The fraction of sp³-hybridized carbons (Fsp3) is 1.00. The van der Waals surface area contributed by atoms with E-state index in [0.717, 1.165) is 24.8 Å². The van der Waals surface area contributed by atoms with Crippen LogP contribution in [0.4, 0.5) is 0 Å². The fourth-order valence-corrected chi connectivity index (χ4v) is 10.2. The zero-order chi connectivity index (χ0) is 21.0. The first-order valence-corrected chi connectivity index (χ1v) is 16.0. The number of rotatable bonds is 17. The molecule has 0 rings (SSSR count). The third kappa shape index (κ3) is 14.3. The summed E-state index contributed by atoms with van der Waals surface area (Å²) >= 11 is 4.10. The fourth-order valence-electron chi connectivity index (χ4n) is 3.25. The Balaban J connectivity index is 0. The Bertz CT molecular complexity index is 276. The van der Waals surface area contributed by atoms with E-state index in [9.17, 15) is 0 Å². The minimum absolute atomic E-state index is 0.833. The second-order valence-electron chi connectivity index (χ2n) is 7.05. The maximum atomic E-state index is 6.27. The van der Waals surface area contributed by atoms with Gasteiger partial charge < -0.3 is 17.7 Å². The van der Waals surface area contributed by atoms with Crippen LogP contribution >= 0.6 is 12.6 Å². The summed E-state index contributed by atoms with van der Waals surface area (Å²) in [4.78, 5) is 0. The van der Waals surface area contributed by atoms with Crippen molar-refractivity contribution < 1.29 is 17.7 Å². The molecule has 0 bridgehead atoms. The maximum Gasteiger partial charge on any atom is 0.500 e. The van der Waals surface area contributed by atoms with Crippen LogP contribution in [0, 0.1) is 0 Å². The SMILES string of the molecule is CCCC[Si](CCCC)(CCCC)OCC.CO[Si](CCCS)(OC)OC. The first-order chi connectivity index (χ1) is 13.0. The molecular weight excluding hydrogens is 392 g/mol. The highest BCUT2D eigenvalue weighted by Gasteiger charge is 2.36. The minimum Gasteiger partial charge on any atom is -0.417 e. The summed E-state index contributed by atoms with van der Waals surface area (Å²) in [5.74, 6) is 0.838. The van der Waals surface area contributed by atoms with Crippen molar-refractivity contribution >= 4 is 29.8 Å². The summed E-state index contributed by atoms with van der Waals surface area (Å²) in [5.41, 5.74) is 0. The van der Waals surface area contributed by atoms with Crippen LogP contribution in [0.25, 0.3) is 0 Å². The van der Waals surface area contributed by atoms with Crippen LogP contribution in [0.1, 0.15) is 72.6 Å². The van der Waals surface area contributed by atoms with Crippen LogP contribution in [-0.2, 0) is 17.7 Å². The lowest BCUT2D eigenvalue weighted by Gasteiger charge is -2.31. The first-order valence-electron chi connectivity index (χ1n) is 10.9. The van der Waals surface area contributed by atoms with Crippen molar-refractivity contribution in [1.82, 2.24) is 0 Å². The molecule has 0 aliphatic rings. The smallest absolute Gasteiger partial charge is 0.417 e. The van der Waals surface area contributed by atoms with E-state index in [-0.39, 0.29) is 0 Å². The minimum atomic E-state index is -2.29. The van der Waals surface area contributed by atoms with Gasteiger partial charge in [0.1, 0.15) is 0 Å². The molecule has 166 valence electrons. The monoisotopic (exact) mass is 440 g/mol. The van der Waals surface area contributed by atoms with Gasteiger partial charge in [0.15, 0.2) is 8.32 Å². The molecule has 0 aliphatic carbocycles. The summed E-state index contributed by atoms with van der Waals surface area (Å²) in [5, 5.41) is 0. The highest BCUT2D eigenvalue weighted by Crippen LogP contribution is 2.29. The number of hydrogen-bond acceptors (Lipinski definition) is 5. The van der Waals surface area contributed by atoms with E-state index in [1.807, 2.05) is 0 Å². The van der Waals surface area contributed by atoms with Crippen molar-refractivity contribution in [3.63, 3.8) is 0 Å². The molecule has 0 fully saturated rings. The van der Waals surface area contributed by atoms with Crippen LogP contribution in [0.2, 0.25) is 24.2 Å². The predicted octanol–water partition coefficient (Wildman–Crippen LogP) is 6.55. The van der Waals surface area contributed by atoms with Gasteiger partial charge in [0.05, 0.1) is 0 Å². The molecule has 0 N–H and O–H groups in total. The summed E-state index contributed by atoms with van der Waals surface area (Å²) in [6, 6.07) is 5.03. The van der Waals surface area contributed by atoms with Gasteiger partial charge in [-0.15, -0.1) is 0 Å². The molecule has 0 saturated heterocycles. The average molecular weight is 441 g/mol. The molecule has 0 aliphatic heterocycles. The molecule has 4 nitrogen and oxygen atoms in total. The van der Waals surface area contributed by atoms with E-state index in [1.165, 1.54) is 56.7 Å². The molecule has 0 radical (unpaired) electrons. The average Bonchev–Trinajstić information content (AvgIpc) is 2.71. The molecule has 0 spiro atoms. The lowest BCUT2D eigenvalue weighted by atomic mass is 10.4. The van der Waals surface area contributed by atoms with Gasteiger partial charge >= 0.3 is 8.80 Å². The first kappa shape index (κ1) is 29.8. The number of thiol groups is 1. The normalized spacial score (nSPS) is 12.0. The molecule has 0 aromatic rings. The summed E-state index contributed by atoms with van der Waals surface area (Å²) in [6.07, 6.45) is 9.05. The molecule has 0 heterocycles. The number of hydrogen-bond donors (Lipinski definition) is 1. The second-order valence-corrected chi connectivity index (χ2v) is 14.7. The van der Waals surface area contributed by atoms with Crippen molar-refractivity contribution in [3.8, 4) is 0 Å². The lowest BCUT2D eigenvalue weighted by Crippen LogP contribution is -2.42. The number of unbranched alkanes of at least 4 members (excludes halogenated alkanes) is 3. The van der Waals surface area contributed by atoms with Gasteiger partial charge in [-0.05, 0) is 37.2 Å². The van der Waals surface area contributed by atoms with Crippen LogP contribution in [-0.4, -0.2) is 50.8 Å². The van der Waals surface area contributed by atoms with Crippen LogP contribution in [0.3, 0.4) is 0 Å². The van der Waals surface area contributed by atoms with E-state index in [4.69, 9.17) is 17.7 Å². The van der Waals surface area contributed by atoms with Gasteiger partial charge in [-0.25, -0.2) is 0 Å². The van der Waals surface area contributed by atoms with Crippen molar-refractivity contribution in [2.24, 2.45) is 0 Å². The van der Waals surface area contributed by atoms with E-state index in [1.54, 1.807) is 21.3 Å². The molecule has 0 aromatic carbocycles. The van der Waals surface area contributed by atoms with Gasteiger partial charge in [-0.1, -0.05) is 59.3 Å². The zero-order valence-corrected chi connectivity index (χ0v) is 22.2. The van der Waals surface area contributed by atoms with Crippen LogP contribution in [0.5, 0.6) is 0 Å². The molecule has 0 amide bonds. The summed E-state index contributed by atoms with van der Waals surface area (Å²) in [7, 11) is 1.22. The lowest BCUT2D eigenvalue weighted by molar-refractivity contribution is 0.123. The molecule has 7 heteroatoms. The molecule has 0 unspecified atom stereocenters. The Morgan fingerprint density at radius 1 is 0.630 bits per heavy atom. The van der Waals surface area contributed by atoms with E-state index in [2.05, 4.69) is 40.3 Å². The van der Waals surface area contributed by atoms with E-state index in [0.29, 0.717) is 0 Å². The molecule has 0 atom stereocenters. The van der Waals surface area contributed by atoms with Gasteiger partial charge in [0.2, 0.25) is 0 Å². The Kier molecular flexibility index (Phi) is 22.0. The van der Waals surface area contributed by atoms with Gasteiger partial charge in [0, 0.05) is 34.0 Å². The quantitative estimate of drug-likeness (QED) is 0.205. The molecule has 27 heavy (non-hydrogen) atoms. The Morgan fingerprint density at radius 2 is 1.04 bits per heavy atom. The van der Waals surface area contributed by atoms with E-state index < -0.39 is 17.1 Å². The van der Waals surface area contributed by atoms with Gasteiger partial charge in [-0.3, -0.25) is 0 Å². The maximum absolute atomic E-state index is 6.27. The second kappa shape index (κ2) is 19.9. The predicted molar refractivity (Wildman–Crippen MR) is 127 cm³/mol. The largest absolute Gasteiger partial charge is 0.500 e. The summed E-state index contributed by atoms with van der Waals surface area (Å²) < 4.78 is 21.9. The van der Waals surface area contributed by atoms with Crippen molar-refractivity contribution in [2.45, 2.75) is 96.8 Å². The Morgan fingerprint density at radius 3 is 1.30 bits per heavy atom. The Hall–Kier alpha value is 0.624. The van der Waals surface area contributed by atoms with E-state index >= 15 is 0 Å². The van der Waals surface area contributed by atoms with Crippen LogP contribution < -0.4 is 0 Å². The Labute approximate surface area is 178 Å². The molecule has 0 aromatic heterocycles. The topological polar surface area (TPSA) is 36.9 Å². The molecule has 0 saturated carbocycles. The summed E-state index contributed by atoms with van der Waals surface area (Å²) in [6.45, 7) is 10.00. The standard InChI is InChI=1S/C14H32OSi.C6H16O3SSi/c1-5-9-12-16(15-8-4,13-10-6-2)14-11-7-3;1-7-11(8-2,9-3)6-4-5-10/h5-14H2,1-4H3;10H,4-6H2,1-3H3. The van der Waals surface area contributed by atoms with Gasteiger partial charge in [0.25, 0.3) is 0 Å². The third-order valence-corrected chi connectivity index (χ3v) is 12.8.